The molecule has 1 aromatic heterocycles. The number of fused-ring (bicyclic) bond motifs is 1. The van der Waals surface area contributed by atoms with Crippen molar-refractivity contribution in [3.8, 4) is 0 Å². The molecular formula is C13H16N2O. The van der Waals surface area contributed by atoms with Gasteiger partial charge in [0.1, 0.15) is 5.52 Å². The van der Waals surface area contributed by atoms with E-state index in [9.17, 15) is 0 Å². The quantitative estimate of drug-likeness (QED) is 0.797. The maximum atomic E-state index is 6.17. The summed E-state index contributed by atoms with van der Waals surface area (Å²) in [5.41, 5.74) is 7.87. The average molecular weight is 216 g/mol. The Labute approximate surface area is 94.7 Å². The molecule has 0 saturated heterocycles. The van der Waals surface area contributed by atoms with Crippen molar-refractivity contribution in [1.82, 2.24) is 4.98 Å². The minimum atomic E-state index is -0.0843. The van der Waals surface area contributed by atoms with Crippen LogP contribution in [-0.4, -0.2) is 11.0 Å². The fourth-order valence-electron chi connectivity index (χ4n) is 2.58. The summed E-state index contributed by atoms with van der Waals surface area (Å²) in [5, 5.41) is 0. The lowest BCUT2D eigenvalue weighted by Gasteiger charge is -2.24. The van der Waals surface area contributed by atoms with Gasteiger partial charge >= 0.3 is 0 Å². The molecule has 16 heavy (non-hydrogen) atoms. The predicted molar refractivity (Wildman–Crippen MR) is 63.2 cm³/mol. The highest BCUT2D eigenvalue weighted by Gasteiger charge is 2.42. The van der Waals surface area contributed by atoms with Crippen LogP contribution in [0.3, 0.4) is 0 Å². The number of nitrogens with zero attached hydrogens (tertiary/aromatic N) is 1. The van der Waals surface area contributed by atoms with Gasteiger partial charge in [-0.3, -0.25) is 0 Å². The second kappa shape index (κ2) is 3.32. The molecule has 1 aliphatic carbocycles. The van der Waals surface area contributed by atoms with Gasteiger partial charge in [0.15, 0.2) is 5.58 Å². The fourth-order valence-corrected chi connectivity index (χ4v) is 2.58. The van der Waals surface area contributed by atoms with Crippen molar-refractivity contribution in [2.24, 2.45) is 5.73 Å². The molecule has 1 heterocycles. The van der Waals surface area contributed by atoms with Crippen molar-refractivity contribution in [2.45, 2.75) is 37.6 Å². The molecule has 2 aromatic rings. The number of nitrogens with two attached hydrogens (primary N) is 1. The number of para-hydroxylation sites is 2. The van der Waals surface area contributed by atoms with Gasteiger partial charge in [0.25, 0.3) is 0 Å². The third kappa shape index (κ3) is 1.28. The number of aromatic nitrogens is 1. The van der Waals surface area contributed by atoms with Crippen LogP contribution in [0.25, 0.3) is 11.1 Å². The van der Waals surface area contributed by atoms with Crippen molar-refractivity contribution in [3.63, 3.8) is 0 Å². The van der Waals surface area contributed by atoms with Crippen LogP contribution in [-0.2, 0) is 5.41 Å². The zero-order valence-electron chi connectivity index (χ0n) is 9.44. The minimum absolute atomic E-state index is 0.0843. The van der Waals surface area contributed by atoms with Crippen molar-refractivity contribution in [3.05, 3.63) is 30.2 Å². The number of oxazole rings is 1. The molecule has 0 amide bonds. The Morgan fingerprint density at radius 2 is 2.25 bits per heavy atom. The lowest BCUT2D eigenvalue weighted by Crippen LogP contribution is -2.38. The van der Waals surface area contributed by atoms with Crippen LogP contribution in [0.5, 0.6) is 0 Å². The van der Waals surface area contributed by atoms with E-state index < -0.39 is 0 Å². The summed E-state index contributed by atoms with van der Waals surface area (Å²) in [6.45, 7) is 2.16. The molecule has 1 aliphatic rings. The zero-order chi connectivity index (χ0) is 11.2. The molecule has 3 nitrogen and oxygen atoms in total. The normalized spacial score (nSPS) is 30.0. The SMILES string of the molecule is CC1(c2nc3ccccc3o2)CCCC1N. The van der Waals surface area contributed by atoms with E-state index >= 15 is 0 Å². The lowest BCUT2D eigenvalue weighted by molar-refractivity contribution is 0.332. The molecule has 2 unspecified atom stereocenters. The van der Waals surface area contributed by atoms with Crippen LogP contribution < -0.4 is 5.73 Å². The lowest BCUT2D eigenvalue weighted by atomic mass is 9.85. The summed E-state index contributed by atoms with van der Waals surface area (Å²) in [4.78, 5) is 4.57. The maximum Gasteiger partial charge on any atom is 0.202 e. The zero-order valence-corrected chi connectivity index (χ0v) is 9.44. The first-order valence-electron chi connectivity index (χ1n) is 5.82. The summed E-state index contributed by atoms with van der Waals surface area (Å²) in [7, 11) is 0. The van der Waals surface area contributed by atoms with E-state index in [0.717, 1.165) is 36.3 Å². The van der Waals surface area contributed by atoms with Gasteiger partial charge in [-0.2, -0.15) is 0 Å². The highest BCUT2D eigenvalue weighted by Crippen LogP contribution is 2.40. The molecule has 0 aliphatic heterocycles. The second-order valence-corrected chi connectivity index (χ2v) is 4.90. The first-order valence-corrected chi connectivity index (χ1v) is 5.82. The molecule has 1 fully saturated rings. The van der Waals surface area contributed by atoms with Crippen LogP contribution in [0.15, 0.2) is 28.7 Å². The van der Waals surface area contributed by atoms with Gasteiger partial charge in [-0.25, -0.2) is 4.98 Å². The monoisotopic (exact) mass is 216 g/mol. The standard InChI is InChI=1S/C13H16N2O/c1-13(8-4-7-11(13)14)12-15-9-5-2-3-6-10(9)16-12/h2-3,5-6,11H,4,7-8,14H2,1H3. The summed E-state index contributed by atoms with van der Waals surface area (Å²) in [5.74, 6) is 0.804. The highest BCUT2D eigenvalue weighted by atomic mass is 16.3. The van der Waals surface area contributed by atoms with Crippen LogP contribution in [0, 0.1) is 0 Å². The van der Waals surface area contributed by atoms with Gasteiger partial charge in [0.2, 0.25) is 5.89 Å². The van der Waals surface area contributed by atoms with Gasteiger partial charge in [-0.1, -0.05) is 18.6 Å². The maximum absolute atomic E-state index is 6.17. The molecule has 1 saturated carbocycles. The van der Waals surface area contributed by atoms with E-state index in [0.29, 0.717) is 0 Å². The van der Waals surface area contributed by atoms with Crippen LogP contribution in [0.4, 0.5) is 0 Å². The summed E-state index contributed by atoms with van der Waals surface area (Å²) in [6.07, 6.45) is 3.30. The number of hydrogen-bond donors (Lipinski definition) is 1. The van der Waals surface area contributed by atoms with Gasteiger partial charge < -0.3 is 10.2 Å². The van der Waals surface area contributed by atoms with E-state index in [1.807, 2.05) is 24.3 Å². The molecule has 84 valence electrons. The van der Waals surface area contributed by atoms with E-state index in [2.05, 4.69) is 11.9 Å². The van der Waals surface area contributed by atoms with E-state index in [1.165, 1.54) is 0 Å². The Morgan fingerprint density at radius 1 is 1.44 bits per heavy atom. The van der Waals surface area contributed by atoms with Crippen LogP contribution >= 0.6 is 0 Å². The van der Waals surface area contributed by atoms with Crippen LogP contribution in [0.2, 0.25) is 0 Å². The van der Waals surface area contributed by atoms with Gasteiger partial charge in [0.05, 0.1) is 5.41 Å². The van der Waals surface area contributed by atoms with Gasteiger partial charge in [-0.05, 0) is 31.9 Å². The molecule has 3 heteroatoms. The van der Waals surface area contributed by atoms with E-state index in [4.69, 9.17) is 10.2 Å². The summed E-state index contributed by atoms with van der Waals surface area (Å²) >= 11 is 0. The Kier molecular flexibility index (Phi) is 2.04. The largest absolute Gasteiger partial charge is 0.440 e. The number of rotatable bonds is 1. The second-order valence-electron chi connectivity index (χ2n) is 4.90. The predicted octanol–water partition coefficient (Wildman–Crippen LogP) is 2.60. The van der Waals surface area contributed by atoms with Gasteiger partial charge in [0, 0.05) is 6.04 Å². The molecule has 0 bridgehead atoms. The topological polar surface area (TPSA) is 52.0 Å². The average Bonchev–Trinajstić information content (AvgIpc) is 2.84. The minimum Gasteiger partial charge on any atom is -0.440 e. The van der Waals surface area contributed by atoms with Crippen molar-refractivity contribution in [2.75, 3.05) is 0 Å². The number of benzene rings is 1. The Hall–Kier alpha value is -1.35. The molecule has 2 N–H and O–H groups in total. The van der Waals surface area contributed by atoms with Gasteiger partial charge in [-0.15, -0.1) is 0 Å². The molecule has 0 radical (unpaired) electrons. The van der Waals surface area contributed by atoms with Crippen molar-refractivity contribution >= 4 is 11.1 Å². The Bertz CT molecular complexity index is 486. The summed E-state index contributed by atoms with van der Waals surface area (Å²) < 4.78 is 5.83. The third-order valence-electron chi connectivity index (χ3n) is 3.81. The Morgan fingerprint density at radius 3 is 2.94 bits per heavy atom. The first kappa shape index (κ1) is 9.85. The number of hydrogen-bond acceptors (Lipinski definition) is 3. The smallest absolute Gasteiger partial charge is 0.202 e. The molecule has 2 atom stereocenters. The summed E-state index contributed by atoms with van der Waals surface area (Å²) in [6, 6.07) is 8.04. The van der Waals surface area contributed by atoms with E-state index in [-0.39, 0.29) is 11.5 Å². The molecular weight excluding hydrogens is 200 g/mol. The molecule has 1 aromatic carbocycles. The molecule has 3 rings (SSSR count). The first-order chi connectivity index (χ1) is 7.70. The fraction of sp³-hybridized carbons (Fsp3) is 0.462. The van der Waals surface area contributed by atoms with Crippen molar-refractivity contribution in [1.29, 1.82) is 0 Å². The van der Waals surface area contributed by atoms with Crippen LogP contribution in [0.1, 0.15) is 32.1 Å². The highest BCUT2D eigenvalue weighted by molar-refractivity contribution is 5.72. The Balaban J connectivity index is 2.12. The molecule has 0 spiro atoms. The van der Waals surface area contributed by atoms with E-state index in [1.54, 1.807) is 0 Å². The van der Waals surface area contributed by atoms with Crippen molar-refractivity contribution < 1.29 is 4.42 Å². The third-order valence-corrected chi connectivity index (χ3v) is 3.81.